The molecule has 0 aromatic rings. The Kier molecular flexibility index (Phi) is 5.45. The van der Waals surface area contributed by atoms with Gasteiger partial charge in [-0.15, -0.1) is 0 Å². The maximum absolute atomic E-state index is 11.2. The molecule has 0 aliphatic heterocycles. The fraction of sp³-hybridized carbons (Fsp3) is 0.875. The number of carbonyl (C=O) groups excluding carboxylic acids is 1. The minimum atomic E-state index is -0.465. The number of carbonyl (C=O) groups is 1. The lowest BCUT2D eigenvalue weighted by Crippen LogP contribution is -2.43. The average molecular weight is 174 g/mol. The van der Waals surface area contributed by atoms with Crippen molar-refractivity contribution in [1.82, 2.24) is 10.2 Å². The predicted molar refractivity (Wildman–Crippen MR) is 48.0 cm³/mol. The Morgan fingerprint density at radius 3 is 2.50 bits per heavy atom. The van der Waals surface area contributed by atoms with Crippen molar-refractivity contribution in [3.05, 3.63) is 0 Å². The number of likely N-dealkylation sites (N-methyl/N-ethyl adjacent to an activating group) is 1. The molecular weight excluding hydrogens is 156 g/mol. The third-order valence-electron chi connectivity index (χ3n) is 1.48. The molecule has 2 amide bonds. The molecule has 0 rings (SSSR count). The second kappa shape index (κ2) is 5.83. The largest absolute Gasteiger partial charge is 0.392 e. The number of amides is 2. The number of rotatable bonds is 4. The predicted octanol–water partition coefficient (Wildman–Crippen LogP) is 0.419. The van der Waals surface area contributed by atoms with Crippen molar-refractivity contribution in [2.24, 2.45) is 0 Å². The fourth-order valence-corrected chi connectivity index (χ4v) is 0.938. The van der Waals surface area contributed by atoms with Gasteiger partial charge in [0, 0.05) is 19.6 Å². The van der Waals surface area contributed by atoms with E-state index in [1.807, 2.05) is 13.8 Å². The molecule has 0 heterocycles. The van der Waals surface area contributed by atoms with Crippen molar-refractivity contribution in [1.29, 1.82) is 0 Å². The van der Waals surface area contributed by atoms with Crippen molar-refractivity contribution in [2.75, 3.05) is 19.6 Å². The molecule has 0 aliphatic rings. The molecular formula is C8H18N2O2. The van der Waals surface area contributed by atoms with Gasteiger partial charge in [0.15, 0.2) is 0 Å². The van der Waals surface area contributed by atoms with Gasteiger partial charge >= 0.3 is 6.03 Å². The Labute approximate surface area is 73.6 Å². The summed E-state index contributed by atoms with van der Waals surface area (Å²) >= 11 is 0. The van der Waals surface area contributed by atoms with Crippen molar-refractivity contribution < 1.29 is 9.90 Å². The highest BCUT2D eigenvalue weighted by molar-refractivity contribution is 5.74. The molecule has 0 aliphatic carbocycles. The molecule has 0 aromatic carbocycles. The lowest BCUT2D eigenvalue weighted by atomic mass is 10.3. The summed E-state index contributed by atoms with van der Waals surface area (Å²) in [4.78, 5) is 12.8. The first kappa shape index (κ1) is 11.2. The van der Waals surface area contributed by atoms with Crippen molar-refractivity contribution in [3.63, 3.8) is 0 Å². The third-order valence-corrected chi connectivity index (χ3v) is 1.48. The van der Waals surface area contributed by atoms with Crippen LogP contribution >= 0.6 is 0 Å². The summed E-state index contributed by atoms with van der Waals surface area (Å²) in [7, 11) is 0. The molecule has 0 radical (unpaired) electrons. The second-order valence-corrected chi connectivity index (χ2v) is 2.72. The zero-order valence-corrected chi connectivity index (χ0v) is 8.00. The van der Waals surface area contributed by atoms with E-state index in [9.17, 15) is 4.79 Å². The normalized spacial score (nSPS) is 12.3. The van der Waals surface area contributed by atoms with E-state index in [2.05, 4.69) is 5.32 Å². The van der Waals surface area contributed by atoms with E-state index in [0.29, 0.717) is 19.6 Å². The van der Waals surface area contributed by atoms with Gasteiger partial charge in [-0.1, -0.05) is 0 Å². The summed E-state index contributed by atoms with van der Waals surface area (Å²) in [5.74, 6) is 0. The maximum Gasteiger partial charge on any atom is 0.317 e. The lowest BCUT2D eigenvalue weighted by Gasteiger charge is -2.22. The Morgan fingerprint density at radius 2 is 2.17 bits per heavy atom. The van der Waals surface area contributed by atoms with Crippen LogP contribution < -0.4 is 5.32 Å². The van der Waals surface area contributed by atoms with Crippen LogP contribution in [0.15, 0.2) is 0 Å². The van der Waals surface area contributed by atoms with Crippen LogP contribution in [0.25, 0.3) is 0 Å². The van der Waals surface area contributed by atoms with Crippen LogP contribution in [0, 0.1) is 0 Å². The molecule has 0 fully saturated rings. The minimum Gasteiger partial charge on any atom is -0.392 e. The van der Waals surface area contributed by atoms with Crippen molar-refractivity contribution in [2.45, 2.75) is 26.9 Å². The topological polar surface area (TPSA) is 52.6 Å². The summed E-state index contributed by atoms with van der Waals surface area (Å²) in [5.41, 5.74) is 0. The molecule has 0 aromatic heterocycles. The fourth-order valence-electron chi connectivity index (χ4n) is 0.938. The molecule has 0 saturated heterocycles. The minimum absolute atomic E-state index is 0.110. The number of urea groups is 1. The summed E-state index contributed by atoms with van der Waals surface area (Å²) in [6.45, 7) is 7.06. The smallest absolute Gasteiger partial charge is 0.317 e. The Hall–Kier alpha value is -0.770. The number of hydrogen-bond donors (Lipinski definition) is 2. The number of nitrogens with one attached hydrogen (secondary N) is 1. The standard InChI is InChI=1S/C8H18N2O2/c1-4-9-8(12)10(5-2)6-7(3)11/h7,11H,4-6H2,1-3H3,(H,9,12). The van der Waals surface area contributed by atoms with Gasteiger partial charge in [-0.3, -0.25) is 0 Å². The summed E-state index contributed by atoms with van der Waals surface area (Å²) in [6.07, 6.45) is -0.465. The molecule has 0 spiro atoms. The van der Waals surface area contributed by atoms with Crippen LogP contribution in [0.5, 0.6) is 0 Å². The maximum atomic E-state index is 11.2. The molecule has 72 valence electrons. The Bertz CT molecular complexity index is 137. The third kappa shape index (κ3) is 4.18. The van der Waals surface area contributed by atoms with E-state index >= 15 is 0 Å². The van der Waals surface area contributed by atoms with Gasteiger partial charge in [-0.2, -0.15) is 0 Å². The Morgan fingerprint density at radius 1 is 1.58 bits per heavy atom. The zero-order chi connectivity index (χ0) is 9.56. The van der Waals surface area contributed by atoms with Crippen LogP contribution in [-0.4, -0.2) is 41.8 Å². The summed E-state index contributed by atoms with van der Waals surface area (Å²) in [5, 5.41) is 11.7. The molecule has 4 heteroatoms. The van der Waals surface area contributed by atoms with Gasteiger partial charge in [0.2, 0.25) is 0 Å². The van der Waals surface area contributed by atoms with E-state index in [1.165, 1.54) is 0 Å². The van der Waals surface area contributed by atoms with E-state index in [0.717, 1.165) is 0 Å². The molecule has 2 N–H and O–H groups in total. The van der Waals surface area contributed by atoms with Crippen LogP contribution in [0.2, 0.25) is 0 Å². The number of hydrogen-bond acceptors (Lipinski definition) is 2. The van der Waals surface area contributed by atoms with Crippen molar-refractivity contribution >= 4 is 6.03 Å². The zero-order valence-electron chi connectivity index (χ0n) is 8.00. The molecule has 1 atom stereocenters. The number of nitrogens with zero attached hydrogens (tertiary/aromatic N) is 1. The Balaban J connectivity index is 3.87. The van der Waals surface area contributed by atoms with Gasteiger partial charge in [0.1, 0.15) is 0 Å². The first-order valence-electron chi connectivity index (χ1n) is 4.32. The summed E-state index contributed by atoms with van der Waals surface area (Å²) < 4.78 is 0. The highest BCUT2D eigenvalue weighted by Crippen LogP contribution is 1.92. The van der Waals surface area contributed by atoms with E-state index in [4.69, 9.17) is 5.11 Å². The first-order valence-corrected chi connectivity index (χ1v) is 4.32. The van der Waals surface area contributed by atoms with E-state index in [1.54, 1.807) is 11.8 Å². The van der Waals surface area contributed by atoms with Crippen LogP contribution in [0.4, 0.5) is 4.79 Å². The molecule has 4 nitrogen and oxygen atoms in total. The van der Waals surface area contributed by atoms with Gasteiger partial charge in [0.05, 0.1) is 6.10 Å². The van der Waals surface area contributed by atoms with Gasteiger partial charge in [0.25, 0.3) is 0 Å². The monoisotopic (exact) mass is 174 g/mol. The molecule has 0 bridgehead atoms. The van der Waals surface area contributed by atoms with Crippen LogP contribution in [-0.2, 0) is 0 Å². The lowest BCUT2D eigenvalue weighted by molar-refractivity contribution is 0.135. The van der Waals surface area contributed by atoms with E-state index in [-0.39, 0.29) is 6.03 Å². The highest BCUT2D eigenvalue weighted by atomic mass is 16.3. The van der Waals surface area contributed by atoms with Gasteiger partial charge in [-0.25, -0.2) is 4.79 Å². The number of aliphatic hydroxyl groups is 1. The van der Waals surface area contributed by atoms with Gasteiger partial charge < -0.3 is 15.3 Å². The first-order chi connectivity index (χ1) is 5.61. The van der Waals surface area contributed by atoms with E-state index < -0.39 is 6.10 Å². The molecule has 1 unspecified atom stereocenters. The highest BCUT2D eigenvalue weighted by Gasteiger charge is 2.11. The second-order valence-electron chi connectivity index (χ2n) is 2.72. The summed E-state index contributed by atoms with van der Waals surface area (Å²) in [6, 6.07) is -0.110. The molecule has 0 saturated carbocycles. The quantitative estimate of drug-likeness (QED) is 0.649. The number of aliphatic hydroxyl groups excluding tert-OH is 1. The van der Waals surface area contributed by atoms with Crippen LogP contribution in [0.1, 0.15) is 20.8 Å². The van der Waals surface area contributed by atoms with Crippen LogP contribution in [0.3, 0.4) is 0 Å². The SMILES string of the molecule is CCNC(=O)N(CC)CC(C)O. The van der Waals surface area contributed by atoms with Crippen molar-refractivity contribution in [3.8, 4) is 0 Å². The average Bonchev–Trinajstić information content (AvgIpc) is 2.00. The molecule has 12 heavy (non-hydrogen) atoms. The van der Waals surface area contributed by atoms with Gasteiger partial charge in [-0.05, 0) is 20.8 Å².